The zero-order valence-corrected chi connectivity index (χ0v) is 13.5. The molecule has 0 saturated carbocycles. The molecular formula is C17H12ClF3O4. The van der Waals surface area contributed by atoms with Crippen LogP contribution in [0.15, 0.2) is 36.4 Å². The maximum absolute atomic E-state index is 13.0. The molecule has 0 unspecified atom stereocenters. The quantitative estimate of drug-likeness (QED) is 0.745. The number of hydrogen-bond donors (Lipinski definition) is 0. The van der Waals surface area contributed by atoms with Gasteiger partial charge in [-0.3, -0.25) is 0 Å². The summed E-state index contributed by atoms with van der Waals surface area (Å²) < 4.78 is 54.6. The van der Waals surface area contributed by atoms with Gasteiger partial charge in [-0.05, 0) is 29.8 Å². The molecule has 0 aliphatic carbocycles. The predicted molar refractivity (Wildman–Crippen MR) is 83.0 cm³/mol. The van der Waals surface area contributed by atoms with Crippen molar-refractivity contribution in [1.82, 2.24) is 0 Å². The minimum Gasteiger partial charge on any atom is -0.486 e. The SMILES string of the molecule is O=C(OCc1cc(Cl)c2c(c1)OCCO2)c1ccccc1C(F)(F)F. The molecule has 0 amide bonds. The third-order valence-electron chi connectivity index (χ3n) is 3.48. The second-order valence-electron chi connectivity index (χ2n) is 5.22. The lowest BCUT2D eigenvalue weighted by molar-refractivity contribution is -0.138. The number of benzene rings is 2. The molecule has 0 atom stereocenters. The summed E-state index contributed by atoms with van der Waals surface area (Å²) in [5, 5.41) is 0.277. The number of rotatable bonds is 3. The Morgan fingerprint density at radius 2 is 1.88 bits per heavy atom. The monoisotopic (exact) mass is 372 g/mol. The lowest BCUT2D eigenvalue weighted by atomic mass is 10.1. The van der Waals surface area contributed by atoms with Gasteiger partial charge in [0, 0.05) is 0 Å². The maximum atomic E-state index is 13.0. The van der Waals surface area contributed by atoms with E-state index in [2.05, 4.69) is 0 Å². The Bertz CT molecular complexity index is 805. The first-order valence-electron chi connectivity index (χ1n) is 7.27. The number of hydrogen-bond acceptors (Lipinski definition) is 4. The second kappa shape index (κ2) is 6.84. The van der Waals surface area contributed by atoms with Crippen LogP contribution in [0, 0.1) is 0 Å². The average molecular weight is 373 g/mol. The summed E-state index contributed by atoms with van der Waals surface area (Å²) in [6.45, 7) is 0.474. The Morgan fingerprint density at radius 3 is 2.64 bits per heavy atom. The van der Waals surface area contributed by atoms with E-state index in [0.717, 1.165) is 12.1 Å². The van der Waals surface area contributed by atoms with Crippen LogP contribution in [0.2, 0.25) is 5.02 Å². The van der Waals surface area contributed by atoms with Crippen LogP contribution >= 0.6 is 11.6 Å². The minimum atomic E-state index is -4.64. The molecule has 132 valence electrons. The van der Waals surface area contributed by atoms with Crippen LogP contribution in [-0.4, -0.2) is 19.2 Å². The summed E-state index contributed by atoms with van der Waals surface area (Å²) in [6.07, 6.45) is -4.64. The molecule has 1 aliphatic rings. The molecule has 1 heterocycles. The van der Waals surface area contributed by atoms with Crippen molar-refractivity contribution < 1.29 is 32.2 Å². The van der Waals surface area contributed by atoms with Crippen LogP contribution in [0.3, 0.4) is 0 Å². The van der Waals surface area contributed by atoms with Gasteiger partial charge in [0.05, 0.1) is 16.1 Å². The van der Waals surface area contributed by atoms with Gasteiger partial charge in [0.25, 0.3) is 0 Å². The van der Waals surface area contributed by atoms with E-state index in [0.29, 0.717) is 30.3 Å². The number of alkyl halides is 3. The number of carbonyl (C=O) groups is 1. The van der Waals surface area contributed by atoms with Crippen LogP contribution in [0.1, 0.15) is 21.5 Å². The molecule has 0 spiro atoms. The molecule has 2 aromatic rings. The zero-order chi connectivity index (χ0) is 18.0. The second-order valence-corrected chi connectivity index (χ2v) is 5.63. The number of fused-ring (bicyclic) bond motifs is 1. The Hall–Kier alpha value is -2.41. The molecule has 25 heavy (non-hydrogen) atoms. The van der Waals surface area contributed by atoms with Crippen LogP contribution in [-0.2, 0) is 17.5 Å². The van der Waals surface area contributed by atoms with Gasteiger partial charge in [-0.2, -0.15) is 13.2 Å². The Kier molecular flexibility index (Phi) is 4.76. The van der Waals surface area contributed by atoms with Crippen LogP contribution in [0.5, 0.6) is 11.5 Å². The van der Waals surface area contributed by atoms with Gasteiger partial charge in [0.1, 0.15) is 19.8 Å². The Labute approximate surface area is 146 Å². The molecule has 4 nitrogen and oxygen atoms in total. The lowest BCUT2D eigenvalue weighted by Crippen LogP contribution is -2.16. The molecule has 1 aliphatic heterocycles. The van der Waals surface area contributed by atoms with E-state index in [4.69, 9.17) is 25.8 Å². The van der Waals surface area contributed by atoms with E-state index in [1.165, 1.54) is 18.2 Å². The van der Waals surface area contributed by atoms with E-state index in [9.17, 15) is 18.0 Å². The first-order chi connectivity index (χ1) is 11.9. The largest absolute Gasteiger partial charge is 0.486 e. The fraction of sp³-hybridized carbons (Fsp3) is 0.235. The van der Waals surface area contributed by atoms with Gasteiger partial charge in [0.15, 0.2) is 11.5 Å². The highest BCUT2D eigenvalue weighted by atomic mass is 35.5. The predicted octanol–water partition coefficient (Wildman–Crippen LogP) is 4.49. The van der Waals surface area contributed by atoms with Crippen molar-refractivity contribution in [2.45, 2.75) is 12.8 Å². The van der Waals surface area contributed by atoms with Crippen LogP contribution in [0.25, 0.3) is 0 Å². The molecule has 8 heteroatoms. The first-order valence-corrected chi connectivity index (χ1v) is 7.65. The molecule has 0 N–H and O–H groups in total. The van der Waals surface area contributed by atoms with Gasteiger partial charge >= 0.3 is 12.1 Å². The zero-order valence-electron chi connectivity index (χ0n) is 12.7. The van der Waals surface area contributed by atoms with Crippen molar-refractivity contribution in [2.24, 2.45) is 0 Å². The van der Waals surface area contributed by atoms with E-state index < -0.39 is 23.3 Å². The Balaban J connectivity index is 1.77. The van der Waals surface area contributed by atoms with E-state index in [1.54, 1.807) is 6.07 Å². The van der Waals surface area contributed by atoms with Crippen molar-refractivity contribution in [2.75, 3.05) is 13.2 Å². The standard InChI is InChI=1S/C17H12ClF3O4/c18-13-7-10(8-14-15(13)24-6-5-23-14)9-25-16(22)11-3-1-2-4-12(11)17(19,20)21/h1-4,7-8H,5-6,9H2. The normalized spacial score (nSPS) is 13.4. The number of carbonyl (C=O) groups excluding carboxylic acids is 1. The van der Waals surface area contributed by atoms with Gasteiger partial charge in [-0.25, -0.2) is 4.79 Å². The van der Waals surface area contributed by atoms with Crippen molar-refractivity contribution in [3.05, 3.63) is 58.1 Å². The van der Waals surface area contributed by atoms with Gasteiger partial charge in [-0.15, -0.1) is 0 Å². The first kappa shape index (κ1) is 17.4. The van der Waals surface area contributed by atoms with Crippen LogP contribution < -0.4 is 9.47 Å². The number of ether oxygens (including phenoxy) is 3. The average Bonchev–Trinajstić information content (AvgIpc) is 2.59. The van der Waals surface area contributed by atoms with Gasteiger partial charge in [0.2, 0.25) is 0 Å². The topological polar surface area (TPSA) is 44.8 Å². The summed E-state index contributed by atoms with van der Waals surface area (Å²) >= 11 is 6.07. The Morgan fingerprint density at radius 1 is 1.16 bits per heavy atom. The fourth-order valence-electron chi connectivity index (χ4n) is 2.38. The molecule has 0 saturated heterocycles. The molecule has 0 fully saturated rings. The van der Waals surface area contributed by atoms with E-state index >= 15 is 0 Å². The molecule has 2 aromatic carbocycles. The van der Waals surface area contributed by atoms with E-state index in [1.807, 2.05) is 0 Å². The summed E-state index contributed by atoms with van der Waals surface area (Å²) in [5.74, 6) is -0.273. The fourth-order valence-corrected chi connectivity index (χ4v) is 2.67. The van der Waals surface area contributed by atoms with Crippen molar-refractivity contribution in [1.29, 1.82) is 0 Å². The summed E-state index contributed by atoms with van der Waals surface area (Å²) in [6, 6.07) is 7.54. The highest BCUT2D eigenvalue weighted by Gasteiger charge is 2.35. The van der Waals surface area contributed by atoms with Crippen molar-refractivity contribution in [3.8, 4) is 11.5 Å². The molecule has 0 radical (unpaired) electrons. The molecule has 3 rings (SSSR count). The minimum absolute atomic E-state index is 0.249. The van der Waals surface area contributed by atoms with Crippen LogP contribution in [0.4, 0.5) is 13.2 Å². The summed E-state index contributed by atoms with van der Waals surface area (Å²) in [4.78, 5) is 12.0. The third kappa shape index (κ3) is 3.82. The lowest BCUT2D eigenvalue weighted by Gasteiger charge is -2.20. The summed E-state index contributed by atoms with van der Waals surface area (Å²) in [7, 11) is 0. The highest BCUT2D eigenvalue weighted by molar-refractivity contribution is 6.32. The van der Waals surface area contributed by atoms with Gasteiger partial charge in [-0.1, -0.05) is 23.7 Å². The summed E-state index contributed by atoms with van der Waals surface area (Å²) in [5.41, 5.74) is -1.11. The van der Waals surface area contributed by atoms with E-state index in [-0.39, 0.29) is 11.6 Å². The van der Waals surface area contributed by atoms with Gasteiger partial charge < -0.3 is 14.2 Å². The molecule has 0 bridgehead atoms. The number of halogens is 4. The third-order valence-corrected chi connectivity index (χ3v) is 3.76. The van der Waals surface area contributed by atoms with Crippen molar-refractivity contribution >= 4 is 17.6 Å². The highest BCUT2D eigenvalue weighted by Crippen LogP contribution is 2.38. The smallest absolute Gasteiger partial charge is 0.417 e. The molecule has 0 aromatic heterocycles. The maximum Gasteiger partial charge on any atom is 0.417 e. The molecular weight excluding hydrogens is 361 g/mol. The number of esters is 1. The van der Waals surface area contributed by atoms with Crippen molar-refractivity contribution in [3.63, 3.8) is 0 Å².